The minimum Gasteiger partial charge on any atom is -0.493 e. The number of methoxy groups -OCH3 is 3. The van der Waals surface area contributed by atoms with E-state index < -0.39 is 5.97 Å². The van der Waals surface area contributed by atoms with Gasteiger partial charge in [-0.25, -0.2) is 9.78 Å². The molecule has 6 rings (SSSR count). The Kier molecular flexibility index (Phi) is 7.08. The fourth-order valence-electron chi connectivity index (χ4n) is 5.11. The summed E-state index contributed by atoms with van der Waals surface area (Å²) < 4.78 is 27.9. The first kappa shape index (κ1) is 26.1. The van der Waals surface area contributed by atoms with Crippen molar-refractivity contribution >= 4 is 28.5 Å². The normalized spacial score (nSPS) is 13.3. The molecule has 2 heterocycles. The minimum atomic E-state index is -0.464. The van der Waals surface area contributed by atoms with Crippen LogP contribution in [0.5, 0.6) is 17.2 Å². The first-order valence-electron chi connectivity index (χ1n) is 13.1. The van der Waals surface area contributed by atoms with E-state index in [0.29, 0.717) is 47.1 Å². The van der Waals surface area contributed by atoms with Crippen LogP contribution in [-0.2, 0) is 17.8 Å². The van der Waals surface area contributed by atoms with E-state index in [-0.39, 0.29) is 12.5 Å². The van der Waals surface area contributed by atoms with Crippen LogP contribution in [0.15, 0.2) is 71.1 Å². The van der Waals surface area contributed by atoms with Gasteiger partial charge in [0.15, 0.2) is 18.1 Å². The summed E-state index contributed by atoms with van der Waals surface area (Å²) in [6, 6.07) is 20.8. The maximum absolute atomic E-state index is 13.6. The molecule has 0 atom stereocenters. The number of pyridine rings is 1. The lowest BCUT2D eigenvalue weighted by Gasteiger charge is -2.13. The first-order valence-corrected chi connectivity index (χ1v) is 13.1. The number of hydrogen-bond acceptors (Lipinski definition) is 9. The van der Waals surface area contributed by atoms with Crippen LogP contribution in [0.3, 0.4) is 0 Å². The molecule has 9 nitrogen and oxygen atoms in total. The molecule has 0 saturated heterocycles. The van der Waals surface area contributed by atoms with Crippen LogP contribution >= 0.6 is 0 Å². The zero-order valence-electron chi connectivity index (χ0n) is 22.8. The molecule has 1 aliphatic rings. The van der Waals surface area contributed by atoms with Gasteiger partial charge >= 0.3 is 5.97 Å². The van der Waals surface area contributed by atoms with E-state index >= 15 is 0 Å². The third-order valence-electron chi connectivity index (χ3n) is 6.99. The number of nitrogens with zero attached hydrogens (tertiary/aromatic N) is 3. The van der Waals surface area contributed by atoms with Crippen LogP contribution in [0.25, 0.3) is 34.0 Å². The van der Waals surface area contributed by atoms with Crippen LogP contribution in [0.2, 0.25) is 0 Å². The molecule has 2 aromatic heterocycles. The molecule has 0 amide bonds. The van der Waals surface area contributed by atoms with Gasteiger partial charge in [0.1, 0.15) is 0 Å². The molecule has 0 saturated carbocycles. The first-order chi connectivity index (χ1) is 20.1. The van der Waals surface area contributed by atoms with Gasteiger partial charge in [-0.3, -0.25) is 0 Å². The molecule has 0 bridgehead atoms. The van der Waals surface area contributed by atoms with Gasteiger partial charge in [0.2, 0.25) is 11.6 Å². The van der Waals surface area contributed by atoms with Gasteiger partial charge in [0.25, 0.3) is 5.89 Å². The highest BCUT2D eigenvalue weighted by Gasteiger charge is 2.28. The summed E-state index contributed by atoms with van der Waals surface area (Å²) in [5.41, 5.74) is 5.49. The van der Waals surface area contributed by atoms with Crippen molar-refractivity contribution in [2.75, 3.05) is 21.3 Å². The van der Waals surface area contributed by atoms with Crippen molar-refractivity contribution in [3.05, 3.63) is 95.0 Å². The SMILES string of the molecule is COc1cc(/C=C2\CCc3c2nc2ccccc2c3C(=O)OCc2nnc(-c3ccccc3)o2)cc(OC)c1OC. The molecule has 0 N–H and O–H groups in total. The molecule has 0 spiro atoms. The monoisotopic (exact) mass is 549 g/mol. The Balaban J connectivity index is 1.33. The van der Waals surface area contributed by atoms with Crippen molar-refractivity contribution in [3.8, 4) is 28.7 Å². The molecule has 9 heteroatoms. The van der Waals surface area contributed by atoms with Gasteiger partial charge in [-0.15, -0.1) is 10.2 Å². The highest BCUT2D eigenvalue weighted by molar-refractivity contribution is 6.07. The number of rotatable bonds is 8. The summed E-state index contributed by atoms with van der Waals surface area (Å²) in [6.07, 6.45) is 3.39. The molecule has 41 heavy (non-hydrogen) atoms. The van der Waals surface area contributed by atoms with Crippen molar-refractivity contribution in [2.24, 2.45) is 0 Å². The smallest absolute Gasteiger partial charge is 0.339 e. The third-order valence-corrected chi connectivity index (χ3v) is 6.99. The third kappa shape index (κ3) is 4.98. The Bertz CT molecular complexity index is 1750. The Morgan fingerprint density at radius 3 is 2.37 bits per heavy atom. The van der Waals surface area contributed by atoms with Crippen LogP contribution in [0.1, 0.15) is 39.5 Å². The summed E-state index contributed by atoms with van der Waals surface area (Å²) in [5, 5.41) is 8.86. The predicted molar refractivity (Wildman–Crippen MR) is 153 cm³/mol. The number of carbonyl (C=O) groups is 1. The second-order valence-corrected chi connectivity index (χ2v) is 9.40. The van der Waals surface area contributed by atoms with Crippen molar-refractivity contribution < 1.29 is 28.2 Å². The highest BCUT2D eigenvalue weighted by atomic mass is 16.5. The molecular formula is C32H27N3O6. The summed E-state index contributed by atoms with van der Waals surface area (Å²) >= 11 is 0. The van der Waals surface area contributed by atoms with E-state index in [1.54, 1.807) is 21.3 Å². The lowest BCUT2D eigenvalue weighted by Crippen LogP contribution is -2.10. The standard InChI is InChI=1S/C32H27N3O6/c1-37-25-16-19(17-26(38-2)30(25)39-3)15-21-13-14-23-28(22-11-7-8-12-24(22)33-29(21)23)32(36)40-18-27-34-35-31(41-27)20-9-5-4-6-10-20/h4-12,15-17H,13-14,18H2,1-3H3/b21-15+. The number of para-hydroxylation sites is 1. The largest absolute Gasteiger partial charge is 0.493 e. The molecule has 0 aliphatic heterocycles. The number of carbonyl (C=O) groups excluding carboxylic acids is 1. The fourth-order valence-corrected chi connectivity index (χ4v) is 5.11. The molecule has 0 fully saturated rings. The van der Waals surface area contributed by atoms with E-state index in [1.165, 1.54) is 0 Å². The maximum Gasteiger partial charge on any atom is 0.339 e. The molecule has 0 radical (unpaired) electrons. The molecular weight excluding hydrogens is 522 g/mol. The van der Waals surface area contributed by atoms with Crippen LogP contribution < -0.4 is 14.2 Å². The number of allylic oxidation sites excluding steroid dienone is 1. The van der Waals surface area contributed by atoms with Crippen LogP contribution in [0.4, 0.5) is 0 Å². The van der Waals surface area contributed by atoms with Gasteiger partial charge in [0.05, 0.1) is 38.1 Å². The number of esters is 1. The van der Waals surface area contributed by atoms with E-state index in [0.717, 1.165) is 33.3 Å². The van der Waals surface area contributed by atoms with Crippen molar-refractivity contribution in [2.45, 2.75) is 19.4 Å². The van der Waals surface area contributed by atoms with Crippen molar-refractivity contribution in [1.82, 2.24) is 15.2 Å². The Morgan fingerprint density at radius 2 is 1.63 bits per heavy atom. The second-order valence-electron chi connectivity index (χ2n) is 9.40. The predicted octanol–water partition coefficient (Wildman–Crippen LogP) is 6.15. The molecule has 5 aromatic rings. The van der Waals surface area contributed by atoms with Gasteiger partial charge in [0, 0.05) is 10.9 Å². The maximum atomic E-state index is 13.6. The average molecular weight is 550 g/mol. The van der Waals surface area contributed by atoms with E-state index in [1.807, 2.05) is 72.8 Å². The minimum absolute atomic E-state index is 0.141. The fraction of sp³-hybridized carbons (Fsp3) is 0.188. The van der Waals surface area contributed by atoms with E-state index in [4.69, 9.17) is 28.3 Å². The number of ether oxygens (including phenoxy) is 4. The molecule has 0 unspecified atom stereocenters. The van der Waals surface area contributed by atoms with Gasteiger partial charge in [-0.2, -0.15) is 0 Å². The van der Waals surface area contributed by atoms with Crippen LogP contribution in [0, 0.1) is 0 Å². The zero-order chi connectivity index (χ0) is 28.3. The quantitative estimate of drug-likeness (QED) is 0.211. The molecule has 206 valence electrons. The molecule has 3 aromatic carbocycles. The second kappa shape index (κ2) is 11.1. The lowest BCUT2D eigenvalue weighted by atomic mass is 10.0. The number of fused-ring (bicyclic) bond motifs is 2. The number of benzene rings is 3. The summed E-state index contributed by atoms with van der Waals surface area (Å²) in [4.78, 5) is 18.5. The van der Waals surface area contributed by atoms with Crippen LogP contribution in [-0.4, -0.2) is 42.5 Å². The van der Waals surface area contributed by atoms with Crippen molar-refractivity contribution in [3.63, 3.8) is 0 Å². The van der Waals surface area contributed by atoms with Crippen molar-refractivity contribution in [1.29, 1.82) is 0 Å². The number of hydrogen-bond donors (Lipinski definition) is 0. The summed E-state index contributed by atoms with van der Waals surface area (Å²) in [5.74, 6) is 1.76. The topological polar surface area (TPSA) is 106 Å². The zero-order valence-corrected chi connectivity index (χ0v) is 22.8. The molecule has 1 aliphatic carbocycles. The Hall–Kier alpha value is -5.18. The Morgan fingerprint density at radius 1 is 0.902 bits per heavy atom. The van der Waals surface area contributed by atoms with E-state index in [2.05, 4.69) is 10.2 Å². The average Bonchev–Trinajstić information content (AvgIpc) is 3.66. The highest BCUT2D eigenvalue weighted by Crippen LogP contribution is 2.41. The lowest BCUT2D eigenvalue weighted by molar-refractivity contribution is 0.0440. The number of aromatic nitrogens is 3. The van der Waals surface area contributed by atoms with Gasteiger partial charge in [-0.1, -0.05) is 36.4 Å². The van der Waals surface area contributed by atoms with Gasteiger partial charge < -0.3 is 23.4 Å². The summed E-state index contributed by atoms with van der Waals surface area (Å²) in [6.45, 7) is -0.141. The Labute approximate surface area is 236 Å². The summed E-state index contributed by atoms with van der Waals surface area (Å²) in [7, 11) is 4.74. The van der Waals surface area contributed by atoms with E-state index in [9.17, 15) is 4.79 Å². The van der Waals surface area contributed by atoms with Gasteiger partial charge in [-0.05, 0) is 65.9 Å².